The molecule has 2 aromatic carbocycles. The maximum absolute atomic E-state index is 11.4. The summed E-state index contributed by atoms with van der Waals surface area (Å²) in [6.07, 6.45) is 1.25. The van der Waals surface area contributed by atoms with Gasteiger partial charge in [0.25, 0.3) is 5.69 Å². The number of methoxy groups -OCH3 is 1. The van der Waals surface area contributed by atoms with Crippen LogP contribution in [-0.2, 0) is 5.60 Å². The Morgan fingerprint density at radius 3 is 2.12 bits per heavy atom. The number of rotatable bonds is 7. The topological polar surface area (TPSA) is 72.6 Å². The van der Waals surface area contributed by atoms with Gasteiger partial charge in [-0.25, -0.2) is 0 Å². The van der Waals surface area contributed by atoms with Crippen LogP contribution >= 0.6 is 0 Å². The van der Waals surface area contributed by atoms with Crippen LogP contribution in [0.25, 0.3) is 0 Å². The van der Waals surface area contributed by atoms with E-state index in [4.69, 9.17) is 4.74 Å². The summed E-state index contributed by atoms with van der Waals surface area (Å²) in [5, 5.41) is 22.2. The normalized spacial score (nSPS) is 14.7. The van der Waals surface area contributed by atoms with Gasteiger partial charge in [0.1, 0.15) is 5.75 Å². The van der Waals surface area contributed by atoms with E-state index >= 15 is 0 Å². The molecule has 24 heavy (non-hydrogen) atoms. The molecule has 0 heterocycles. The first-order valence-corrected chi connectivity index (χ1v) is 8.07. The summed E-state index contributed by atoms with van der Waals surface area (Å²) in [5.74, 6) is 0.581. The fraction of sp³-hybridized carbons (Fsp3) is 0.368. The van der Waals surface area contributed by atoms with E-state index < -0.39 is 10.5 Å². The second kappa shape index (κ2) is 7.45. The number of hydrogen-bond donors (Lipinski definition) is 1. The number of benzene rings is 2. The second-order valence-electron chi connectivity index (χ2n) is 5.82. The Balaban J connectivity index is 2.41. The van der Waals surface area contributed by atoms with E-state index in [0.717, 1.165) is 16.9 Å². The molecule has 1 N–H and O–H groups in total. The molecule has 0 unspecified atom stereocenters. The Kier molecular flexibility index (Phi) is 5.57. The lowest BCUT2D eigenvalue weighted by Crippen LogP contribution is -2.32. The highest BCUT2D eigenvalue weighted by Gasteiger charge is 2.36. The average molecular weight is 329 g/mol. The van der Waals surface area contributed by atoms with Gasteiger partial charge in [-0.3, -0.25) is 10.1 Å². The van der Waals surface area contributed by atoms with Gasteiger partial charge in [0.05, 0.1) is 17.6 Å². The summed E-state index contributed by atoms with van der Waals surface area (Å²) in [5.41, 5.74) is 0.717. The van der Waals surface area contributed by atoms with E-state index in [2.05, 4.69) is 0 Å². The van der Waals surface area contributed by atoms with E-state index in [0.29, 0.717) is 12.8 Å². The van der Waals surface area contributed by atoms with Crippen LogP contribution in [0.5, 0.6) is 5.75 Å². The lowest BCUT2D eigenvalue weighted by atomic mass is 9.74. The maximum atomic E-state index is 11.4. The SMILES string of the molecule is CC[C@@H](c1ccc([N+](=O)[O-])cc1)[C@](O)(CC)c1ccc(OC)cc1. The highest BCUT2D eigenvalue weighted by molar-refractivity contribution is 5.38. The van der Waals surface area contributed by atoms with Crippen molar-refractivity contribution in [2.75, 3.05) is 7.11 Å². The van der Waals surface area contributed by atoms with Gasteiger partial charge in [-0.1, -0.05) is 38.1 Å². The van der Waals surface area contributed by atoms with Crippen LogP contribution in [0, 0.1) is 10.1 Å². The standard InChI is InChI=1S/C19H23NO4/c1-4-18(14-6-10-16(11-7-14)20(22)23)19(21,5-2)15-8-12-17(24-3)13-9-15/h6-13,18,21H,4-5H2,1-3H3/t18-,19-/m0/s1. The molecule has 0 saturated carbocycles. The van der Waals surface area contributed by atoms with Gasteiger partial charge >= 0.3 is 0 Å². The van der Waals surface area contributed by atoms with Crippen molar-refractivity contribution in [1.82, 2.24) is 0 Å². The van der Waals surface area contributed by atoms with Gasteiger partial charge in [-0.05, 0) is 36.1 Å². The van der Waals surface area contributed by atoms with Gasteiger partial charge in [0.15, 0.2) is 0 Å². The molecular formula is C19H23NO4. The molecule has 2 atom stereocenters. The highest BCUT2D eigenvalue weighted by Crippen LogP contribution is 2.42. The highest BCUT2D eigenvalue weighted by atomic mass is 16.6. The molecule has 0 saturated heterocycles. The molecule has 5 heteroatoms. The van der Waals surface area contributed by atoms with E-state index in [-0.39, 0.29) is 11.6 Å². The zero-order chi connectivity index (χ0) is 17.7. The zero-order valence-corrected chi connectivity index (χ0v) is 14.2. The third-order valence-electron chi connectivity index (χ3n) is 4.62. The number of hydrogen-bond acceptors (Lipinski definition) is 4. The Labute approximate surface area is 142 Å². The molecule has 128 valence electrons. The lowest BCUT2D eigenvalue weighted by Gasteiger charge is -2.36. The van der Waals surface area contributed by atoms with Crippen molar-refractivity contribution in [2.24, 2.45) is 0 Å². The van der Waals surface area contributed by atoms with Crippen LogP contribution in [0.1, 0.15) is 43.7 Å². The first-order valence-electron chi connectivity index (χ1n) is 8.07. The fourth-order valence-corrected chi connectivity index (χ4v) is 3.21. The van der Waals surface area contributed by atoms with E-state index in [1.165, 1.54) is 12.1 Å². The molecule has 0 aliphatic heterocycles. The van der Waals surface area contributed by atoms with Crippen molar-refractivity contribution < 1.29 is 14.8 Å². The molecular weight excluding hydrogens is 306 g/mol. The van der Waals surface area contributed by atoms with Gasteiger partial charge in [0, 0.05) is 18.1 Å². The molecule has 0 aromatic heterocycles. The molecule has 0 bridgehead atoms. The monoisotopic (exact) mass is 329 g/mol. The number of aliphatic hydroxyl groups is 1. The zero-order valence-electron chi connectivity index (χ0n) is 14.2. The summed E-state index contributed by atoms with van der Waals surface area (Å²) in [4.78, 5) is 10.4. The van der Waals surface area contributed by atoms with Crippen LogP contribution < -0.4 is 4.74 Å². The fourth-order valence-electron chi connectivity index (χ4n) is 3.21. The van der Waals surface area contributed by atoms with Crippen molar-refractivity contribution in [3.05, 3.63) is 69.8 Å². The van der Waals surface area contributed by atoms with Crippen molar-refractivity contribution in [3.63, 3.8) is 0 Å². The molecule has 2 aromatic rings. The molecule has 0 aliphatic carbocycles. The molecule has 0 spiro atoms. The number of nitro benzene ring substituents is 1. The van der Waals surface area contributed by atoms with Crippen LogP contribution in [0.15, 0.2) is 48.5 Å². The summed E-state index contributed by atoms with van der Waals surface area (Å²) in [6.45, 7) is 3.95. The Morgan fingerprint density at radius 2 is 1.71 bits per heavy atom. The van der Waals surface area contributed by atoms with Crippen molar-refractivity contribution >= 4 is 5.69 Å². The first kappa shape index (κ1) is 17.9. The first-order chi connectivity index (χ1) is 11.5. The van der Waals surface area contributed by atoms with Crippen molar-refractivity contribution in [3.8, 4) is 5.75 Å². The summed E-state index contributed by atoms with van der Waals surface area (Å²) in [6, 6.07) is 13.8. The smallest absolute Gasteiger partial charge is 0.269 e. The average Bonchev–Trinajstić information content (AvgIpc) is 2.62. The van der Waals surface area contributed by atoms with Crippen LogP contribution in [0.4, 0.5) is 5.69 Å². The minimum absolute atomic E-state index is 0.0538. The summed E-state index contributed by atoms with van der Waals surface area (Å²) < 4.78 is 5.18. The minimum Gasteiger partial charge on any atom is -0.497 e. The Morgan fingerprint density at radius 1 is 1.12 bits per heavy atom. The van der Waals surface area contributed by atoms with Gasteiger partial charge in [-0.2, -0.15) is 0 Å². The lowest BCUT2D eigenvalue weighted by molar-refractivity contribution is -0.384. The predicted octanol–water partition coefficient (Wildman–Crippen LogP) is 4.39. The minimum atomic E-state index is -1.04. The quantitative estimate of drug-likeness (QED) is 0.604. The van der Waals surface area contributed by atoms with Crippen molar-refractivity contribution in [1.29, 1.82) is 0 Å². The number of ether oxygens (including phenoxy) is 1. The third-order valence-corrected chi connectivity index (χ3v) is 4.62. The molecule has 0 aliphatic rings. The third kappa shape index (κ3) is 3.41. The van der Waals surface area contributed by atoms with Crippen LogP contribution in [0.2, 0.25) is 0 Å². The number of nitrogens with zero attached hydrogens (tertiary/aromatic N) is 1. The maximum Gasteiger partial charge on any atom is 0.269 e. The van der Waals surface area contributed by atoms with E-state index in [9.17, 15) is 15.2 Å². The summed E-state index contributed by atoms with van der Waals surface area (Å²) in [7, 11) is 1.60. The second-order valence-corrected chi connectivity index (χ2v) is 5.82. The van der Waals surface area contributed by atoms with Crippen LogP contribution in [-0.4, -0.2) is 17.1 Å². The van der Waals surface area contributed by atoms with Crippen molar-refractivity contribution in [2.45, 2.75) is 38.2 Å². The van der Waals surface area contributed by atoms with E-state index in [1.807, 2.05) is 38.1 Å². The Bertz CT molecular complexity index is 682. The molecule has 0 fully saturated rings. The van der Waals surface area contributed by atoms with Crippen LogP contribution in [0.3, 0.4) is 0 Å². The molecule has 2 rings (SSSR count). The van der Waals surface area contributed by atoms with Gasteiger partial charge < -0.3 is 9.84 Å². The largest absolute Gasteiger partial charge is 0.497 e. The summed E-state index contributed by atoms with van der Waals surface area (Å²) >= 11 is 0. The number of nitro groups is 1. The Hall–Kier alpha value is -2.40. The number of non-ortho nitro benzene ring substituents is 1. The van der Waals surface area contributed by atoms with Gasteiger partial charge in [-0.15, -0.1) is 0 Å². The molecule has 0 amide bonds. The predicted molar refractivity (Wildman–Crippen MR) is 93.3 cm³/mol. The molecule has 0 radical (unpaired) electrons. The van der Waals surface area contributed by atoms with E-state index in [1.54, 1.807) is 19.2 Å². The molecule has 5 nitrogen and oxygen atoms in total. The van der Waals surface area contributed by atoms with Gasteiger partial charge in [0.2, 0.25) is 0 Å².